The average molecular weight is 192 g/mol. The van der Waals surface area contributed by atoms with E-state index < -0.39 is 0 Å². The molecular weight excluding hydrogens is 176 g/mol. The average Bonchev–Trinajstić information content (AvgIpc) is 2.29. The summed E-state index contributed by atoms with van der Waals surface area (Å²) in [5, 5.41) is 3.29. The Morgan fingerprint density at radius 2 is 2.14 bits per heavy atom. The molecule has 0 saturated carbocycles. The highest BCUT2D eigenvalue weighted by Crippen LogP contribution is 2.08. The van der Waals surface area contributed by atoms with Crippen molar-refractivity contribution in [2.24, 2.45) is 0 Å². The van der Waals surface area contributed by atoms with Crippen LogP contribution in [0.4, 0.5) is 5.82 Å². The summed E-state index contributed by atoms with van der Waals surface area (Å²) in [7, 11) is 0. The van der Waals surface area contributed by atoms with Crippen molar-refractivity contribution in [1.82, 2.24) is 14.9 Å². The molecule has 1 aliphatic heterocycles. The van der Waals surface area contributed by atoms with Gasteiger partial charge in [-0.1, -0.05) is 6.42 Å². The van der Waals surface area contributed by atoms with Gasteiger partial charge in [0.25, 0.3) is 0 Å². The number of aromatic nitrogens is 2. The van der Waals surface area contributed by atoms with Crippen molar-refractivity contribution in [3.05, 3.63) is 18.6 Å². The minimum atomic E-state index is 0.900. The maximum absolute atomic E-state index is 4.11. The van der Waals surface area contributed by atoms with E-state index in [9.17, 15) is 0 Å². The zero-order valence-electron chi connectivity index (χ0n) is 8.32. The summed E-state index contributed by atoms with van der Waals surface area (Å²) in [5.41, 5.74) is 0. The number of piperidine rings is 1. The molecule has 0 spiro atoms. The SMILES string of the molecule is c1cc(NCN2CCCCC2)ncn1. The van der Waals surface area contributed by atoms with Gasteiger partial charge in [0, 0.05) is 6.20 Å². The van der Waals surface area contributed by atoms with E-state index in [4.69, 9.17) is 0 Å². The van der Waals surface area contributed by atoms with E-state index in [-0.39, 0.29) is 0 Å². The van der Waals surface area contributed by atoms with Crippen molar-refractivity contribution in [2.45, 2.75) is 19.3 Å². The lowest BCUT2D eigenvalue weighted by Gasteiger charge is -2.26. The Hall–Kier alpha value is -1.16. The Labute approximate surface area is 84.4 Å². The largest absolute Gasteiger partial charge is 0.357 e. The number of likely N-dealkylation sites (tertiary alicyclic amines) is 1. The molecule has 2 rings (SSSR count). The van der Waals surface area contributed by atoms with Gasteiger partial charge >= 0.3 is 0 Å². The second-order valence-electron chi connectivity index (χ2n) is 3.61. The third kappa shape index (κ3) is 2.67. The molecule has 0 aromatic carbocycles. The number of hydrogen-bond donors (Lipinski definition) is 1. The maximum Gasteiger partial charge on any atom is 0.130 e. The normalized spacial score (nSPS) is 18.0. The molecular formula is C10H16N4. The van der Waals surface area contributed by atoms with Crippen LogP contribution < -0.4 is 5.32 Å². The summed E-state index contributed by atoms with van der Waals surface area (Å²) in [4.78, 5) is 10.4. The van der Waals surface area contributed by atoms with Gasteiger partial charge in [0.2, 0.25) is 0 Å². The third-order valence-corrected chi connectivity index (χ3v) is 2.51. The van der Waals surface area contributed by atoms with Crippen LogP contribution in [0.1, 0.15) is 19.3 Å². The standard InChI is InChI=1S/C10H16N4/c1-2-6-14(7-3-1)9-13-10-4-5-11-8-12-10/h4-5,8H,1-3,6-7,9H2,(H,11,12,13). The Balaban J connectivity index is 1.76. The van der Waals surface area contributed by atoms with E-state index >= 15 is 0 Å². The maximum atomic E-state index is 4.11. The van der Waals surface area contributed by atoms with Crippen LogP contribution in [0.5, 0.6) is 0 Å². The Morgan fingerprint density at radius 1 is 1.29 bits per heavy atom. The minimum Gasteiger partial charge on any atom is -0.357 e. The minimum absolute atomic E-state index is 0.900. The van der Waals surface area contributed by atoms with Gasteiger partial charge in [-0.3, -0.25) is 4.90 Å². The molecule has 0 bridgehead atoms. The van der Waals surface area contributed by atoms with Crippen LogP contribution in [-0.4, -0.2) is 34.6 Å². The van der Waals surface area contributed by atoms with Gasteiger partial charge in [0.15, 0.2) is 0 Å². The van der Waals surface area contributed by atoms with Crippen molar-refractivity contribution in [2.75, 3.05) is 25.1 Å². The van der Waals surface area contributed by atoms with E-state index in [0.717, 1.165) is 12.5 Å². The van der Waals surface area contributed by atoms with Gasteiger partial charge in [-0.15, -0.1) is 0 Å². The summed E-state index contributed by atoms with van der Waals surface area (Å²) in [6, 6.07) is 1.89. The van der Waals surface area contributed by atoms with E-state index in [2.05, 4.69) is 20.2 Å². The molecule has 0 unspecified atom stereocenters. The molecule has 4 nitrogen and oxygen atoms in total. The van der Waals surface area contributed by atoms with Gasteiger partial charge in [0.1, 0.15) is 12.1 Å². The zero-order valence-corrected chi connectivity index (χ0v) is 8.32. The van der Waals surface area contributed by atoms with Gasteiger partial charge < -0.3 is 5.32 Å². The van der Waals surface area contributed by atoms with Crippen molar-refractivity contribution >= 4 is 5.82 Å². The summed E-state index contributed by atoms with van der Waals surface area (Å²) in [6.45, 7) is 3.31. The van der Waals surface area contributed by atoms with Crippen LogP contribution in [0.3, 0.4) is 0 Å². The first-order valence-electron chi connectivity index (χ1n) is 5.17. The fourth-order valence-electron chi connectivity index (χ4n) is 1.71. The molecule has 1 aliphatic rings. The number of nitrogens with one attached hydrogen (secondary N) is 1. The topological polar surface area (TPSA) is 41.0 Å². The van der Waals surface area contributed by atoms with Crippen molar-refractivity contribution in [3.8, 4) is 0 Å². The second-order valence-corrected chi connectivity index (χ2v) is 3.61. The van der Waals surface area contributed by atoms with Gasteiger partial charge in [-0.05, 0) is 32.0 Å². The molecule has 1 N–H and O–H groups in total. The Bertz CT molecular complexity index is 256. The molecule has 1 saturated heterocycles. The summed E-state index contributed by atoms with van der Waals surface area (Å²) >= 11 is 0. The fraction of sp³-hybridized carbons (Fsp3) is 0.600. The lowest BCUT2D eigenvalue weighted by atomic mass is 10.1. The molecule has 1 fully saturated rings. The molecule has 4 heteroatoms. The first kappa shape index (κ1) is 9.40. The molecule has 76 valence electrons. The smallest absolute Gasteiger partial charge is 0.130 e. The summed E-state index contributed by atoms with van der Waals surface area (Å²) < 4.78 is 0. The van der Waals surface area contributed by atoms with Crippen molar-refractivity contribution < 1.29 is 0 Å². The summed E-state index contributed by atoms with van der Waals surface area (Å²) in [6.07, 6.45) is 7.35. The predicted octanol–water partition coefficient (Wildman–Crippen LogP) is 1.33. The first-order chi connectivity index (χ1) is 6.95. The fourth-order valence-corrected chi connectivity index (χ4v) is 1.71. The zero-order chi connectivity index (χ0) is 9.64. The number of nitrogens with zero attached hydrogens (tertiary/aromatic N) is 3. The van der Waals surface area contributed by atoms with Crippen molar-refractivity contribution in [1.29, 1.82) is 0 Å². The van der Waals surface area contributed by atoms with Gasteiger partial charge in [-0.25, -0.2) is 9.97 Å². The number of hydrogen-bond acceptors (Lipinski definition) is 4. The number of rotatable bonds is 3. The van der Waals surface area contributed by atoms with E-state index in [0.29, 0.717) is 0 Å². The lowest BCUT2D eigenvalue weighted by molar-refractivity contribution is 0.243. The van der Waals surface area contributed by atoms with E-state index in [1.165, 1.54) is 32.4 Å². The van der Waals surface area contributed by atoms with Crippen LogP contribution >= 0.6 is 0 Å². The highest BCUT2D eigenvalue weighted by Gasteiger charge is 2.08. The monoisotopic (exact) mass is 192 g/mol. The predicted molar refractivity (Wildman–Crippen MR) is 55.9 cm³/mol. The van der Waals surface area contributed by atoms with Crippen LogP contribution in [0.25, 0.3) is 0 Å². The third-order valence-electron chi connectivity index (χ3n) is 2.51. The number of anilines is 1. The second kappa shape index (κ2) is 4.91. The molecule has 0 atom stereocenters. The quantitative estimate of drug-likeness (QED) is 0.784. The molecule has 1 aromatic heterocycles. The van der Waals surface area contributed by atoms with Crippen LogP contribution in [0.2, 0.25) is 0 Å². The van der Waals surface area contributed by atoms with Gasteiger partial charge in [0.05, 0.1) is 6.67 Å². The van der Waals surface area contributed by atoms with Crippen LogP contribution in [0, 0.1) is 0 Å². The van der Waals surface area contributed by atoms with Crippen molar-refractivity contribution in [3.63, 3.8) is 0 Å². The molecule has 1 aromatic rings. The van der Waals surface area contributed by atoms with Gasteiger partial charge in [-0.2, -0.15) is 0 Å². The molecule has 0 radical (unpaired) electrons. The van der Waals surface area contributed by atoms with Crippen LogP contribution in [-0.2, 0) is 0 Å². The molecule has 0 aliphatic carbocycles. The van der Waals surface area contributed by atoms with E-state index in [1.807, 2.05) is 6.07 Å². The highest BCUT2D eigenvalue weighted by atomic mass is 15.2. The first-order valence-corrected chi connectivity index (χ1v) is 5.17. The van der Waals surface area contributed by atoms with E-state index in [1.54, 1.807) is 12.5 Å². The summed E-state index contributed by atoms with van der Waals surface area (Å²) in [5.74, 6) is 0.908. The lowest BCUT2D eigenvalue weighted by Crippen LogP contribution is -2.34. The molecule has 2 heterocycles. The molecule has 14 heavy (non-hydrogen) atoms. The van der Waals surface area contributed by atoms with Crippen LogP contribution in [0.15, 0.2) is 18.6 Å². The highest BCUT2D eigenvalue weighted by molar-refractivity contribution is 5.30. The molecule has 0 amide bonds. The Kier molecular flexibility index (Phi) is 3.29. The Morgan fingerprint density at radius 3 is 2.86 bits per heavy atom.